The van der Waals surface area contributed by atoms with Crippen molar-refractivity contribution >= 4 is 5.97 Å². The van der Waals surface area contributed by atoms with Crippen LogP contribution in [-0.4, -0.2) is 141 Å². The highest BCUT2D eigenvalue weighted by molar-refractivity contribution is 5.73. The average molecular weight is 748 g/mol. The lowest BCUT2D eigenvalue weighted by Crippen LogP contribution is -2.60. The summed E-state index contributed by atoms with van der Waals surface area (Å²) in [7, 11) is 3.59. The summed E-state index contributed by atoms with van der Waals surface area (Å²) in [4.78, 5) is 16.4. The SMILES string of the molecule is CC[C@H]1OC(=O)[C@H](C)[C@@H](OC2CC(C)(OC)C(O)C(C)O2)[C@H](C)[C@@H](OC2CC(N(C)C(C)C)CC(C)O2)[C@@](C)(O)C[C@@H](C)[C@H](O)[C@H](C)[C@@H](O)[C@]1(C)O. The number of ether oxygens (including phenoxy) is 6. The van der Waals surface area contributed by atoms with E-state index in [2.05, 4.69) is 25.8 Å². The molecule has 0 aromatic heterocycles. The van der Waals surface area contributed by atoms with Crippen LogP contribution < -0.4 is 0 Å². The fourth-order valence-electron chi connectivity index (χ4n) is 8.87. The first-order chi connectivity index (χ1) is 23.9. The molecule has 0 amide bonds. The highest BCUT2D eigenvalue weighted by Gasteiger charge is 2.53. The maximum atomic E-state index is 14.1. The van der Waals surface area contributed by atoms with Gasteiger partial charge in [-0.3, -0.25) is 4.79 Å². The van der Waals surface area contributed by atoms with E-state index in [1.54, 1.807) is 48.5 Å². The molecule has 0 aliphatic carbocycles. The number of esters is 1. The van der Waals surface area contributed by atoms with Gasteiger partial charge in [0.05, 0.1) is 53.7 Å². The Morgan fingerprint density at radius 2 is 1.50 bits per heavy atom. The maximum absolute atomic E-state index is 14.1. The van der Waals surface area contributed by atoms with Crippen molar-refractivity contribution in [1.29, 1.82) is 0 Å². The second-order valence-corrected chi connectivity index (χ2v) is 17.4. The quantitative estimate of drug-likeness (QED) is 0.229. The van der Waals surface area contributed by atoms with Crippen LogP contribution in [-0.2, 0) is 33.2 Å². The third-order valence-corrected chi connectivity index (χ3v) is 12.6. The molecule has 0 saturated carbocycles. The average Bonchev–Trinajstić information content (AvgIpc) is 3.07. The number of cyclic esters (lactones) is 1. The van der Waals surface area contributed by atoms with Crippen molar-refractivity contribution < 1.29 is 58.7 Å². The first kappa shape index (κ1) is 45.4. The topological polar surface area (TPSA) is 177 Å². The number of carbonyl (C=O) groups excluding carboxylic acids is 1. The molecule has 13 nitrogen and oxygen atoms in total. The molecular weight excluding hydrogens is 674 g/mol. The Morgan fingerprint density at radius 3 is 2.06 bits per heavy atom. The van der Waals surface area contributed by atoms with Crippen molar-refractivity contribution in [2.45, 2.75) is 205 Å². The lowest BCUT2D eigenvalue weighted by molar-refractivity contribution is -0.309. The van der Waals surface area contributed by atoms with Crippen LogP contribution in [0.25, 0.3) is 0 Å². The Kier molecular flexibility index (Phi) is 15.6. The number of methoxy groups -OCH3 is 1. The first-order valence-electron chi connectivity index (χ1n) is 19.5. The minimum atomic E-state index is -1.91. The van der Waals surface area contributed by atoms with Gasteiger partial charge in [0.15, 0.2) is 12.6 Å². The fraction of sp³-hybridized carbons (Fsp3) is 0.974. The molecule has 3 saturated heterocycles. The van der Waals surface area contributed by atoms with Crippen LogP contribution in [0.5, 0.6) is 0 Å². The second-order valence-electron chi connectivity index (χ2n) is 17.4. The van der Waals surface area contributed by atoms with Crippen LogP contribution >= 0.6 is 0 Å². The molecule has 3 fully saturated rings. The summed E-state index contributed by atoms with van der Waals surface area (Å²) < 4.78 is 37.8. The second kappa shape index (κ2) is 17.9. The van der Waals surface area contributed by atoms with Crippen molar-refractivity contribution in [1.82, 2.24) is 4.90 Å². The lowest BCUT2D eigenvalue weighted by atomic mass is 9.73. The number of nitrogens with zero attached hydrogens (tertiary/aromatic N) is 1. The zero-order valence-electron chi connectivity index (χ0n) is 34.3. The van der Waals surface area contributed by atoms with E-state index in [1.165, 1.54) is 14.0 Å². The zero-order chi connectivity index (χ0) is 39.7. The van der Waals surface area contributed by atoms with E-state index in [4.69, 9.17) is 28.4 Å². The molecule has 18 atom stereocenters. The van der Waals surface area contributed by atoms with Gasteiger partial charge in [0.1, 0.15) is 17.8 Å². The van der Waals surface area contributed by atoms with Gasteiger partial charge in [0.2, 0.25) is 0 Å². The summed E-state index contributed by atoms with van der Waals surface area (Å²) in [5, 5.41) is 58.0. The highest BCUT2D eigenvalue weighted by atomic mass is 16.7. The molecule has 0 aromatic carbocycles. The van der Waals surface area contributed by atoms with Crippen LogP contribution in [0.4, 0.5) is 0 Å². The number of rotatable bonds is 8. The van der Waals surface area contributed by atoms with Gasteiger partial charge in [0, 0.05) is 43.9 Å². The number of hydrogen-bond donors (Lipinski definition) is 5. The number of carbonyl (C=O) groups is 1. The minimum absolute atomic E-state index is 0.0492. The van der Waals surface area contributed by atoms with E-state index < -0.39 is 102 Å². The summed E-state index contributed by atoms with van der Waals surface area (Å²) in [6.07, 6.45) is -7.28. The fourth-order valence-corrected chi connectivity index (χ4v) is 8.87. The molecule has 52 heavy (non-hydrogen) atoms. The molecule has 5 N–H and O–H groups in total. The highest BCUT2D eigenvalue weighted by Crippen LogP contribution is 2.41. The molecule has 3 aliphatic heterocycles. The monoisotopic (exact) mass is 748 g/mol. The Bertz CT molecular complexity index is 1140. The summed E-state index contributed by atoms with van der Waals surface area (Å²) in [6, 6.07) is 0.448. The molecule has 3 aliphatic rings. The normalized spacial score (nSPS) is 49.1. The Labute approximate surface area is 312 Å². The smallest absolute Gasteiger partial charge is 0.311 e. The number of aliphatic hydroxyl groups excluding tert-OH is 3. The third-order valence-electron chi connectivity index (χ3n) is 12.6. The number of aliphatic hydroxyl groups is 5. The molecule has 0 bridgehead atoms. The van der Waals surface area contributed by atoms with Gasteiger partial charge in [-0.1, -0.05) is 27.7 Å². The lowest BCUT2D eigenvalue weighted by Gasteiger charge is -2.49. The van der Waals surface area contributed by atoms with Gasteiger partial charge in [-0.2, -0.15) is 0 Å². The molecule has 3 heterocycles. The molecule has 0 aromatic rings. The molecule has 306 valence electrons. The Balaban J connectivity index is 2.15. The predicted octanol–water partition coefficient (Wildman–Crippen LogP) is 3.39. The summed E-state index contributed by atoms with van der Waals surface area (Å²) in [6.45, 7) is 21.5. The Hall–Kier alpha value is -0.970. The standard InChI is InChI=1S/C39H73NO12/c1-15-28-39(12,46)33(42)23(6)31(41)21(4)18-37(10,45)35(52-29-17-27(16-22(5)48-29)40(13)20(2)3)24(7)32(25(8)36(44)50-28)51-30-19-38(11,47-14)34(43)26(9)49-30/h20-35,41-43,45-46H,15-19H2,1-14H3/t21-,22?,23+,24+,25-,26?,27?,28-,29?,30?,31+,32+,33-,34?,35-,37+,38?,39-/m1/s1. The van der Waals surface area contributed by atoms with E-state index in [9.17, 15) is 30.3 Å². The van der Waals surface area contributed by atoms with E-state index >= 15 is 0 Å². The zero-order valence-corrected chi connectivity index (χ0v) is 34.3. The molecule has 0 spiro atoms. The van der Waals surface area contributed by atoms with Gasteiger partial charge in [-0.05, 0) is 87.6 Å². The van der Waals surface area contributed by atoms with Gasteiger partial charge >= 0.3 is 5.97 Å². The van der Waals surface area contributed by atoms with Crippen LogP contribution in [0.15, 0.2) is 0 Å². The van der Waals surface area contributed by atoms with Gasteiger partial charge in [-0.15, -0.1) is 0 Å². The summed E-state index contributed by atoms with van der Waals surface area (Å²) in [5.41, 5.74) is -4.53. The minimum Gasteiger partial charge on any atom is -0.459 e. The molecule has 7 unspecified atom stereocenters. The predicted molar refractivity (Wildman–Crippen MR) is 195 cm³/mol. The molecule has 0 radical (unpaired) electrons. The molecule has 13 heteroatoms. The maximum Gasteiger partial charge on any atom is 0.311 e. The van der Waals surface area contributed by atoms with Gasteiger partial charge in [-0.25, -0.2) is 0 Å². The molecular formula is C39H73NO12. The van der Waals surface area contributed by atoms with Crippen molar-refractivity contribution in [2.75, 3.05) is 14.2 Å². The van der Waals surface area contributed by atoms with Crippen LogP contribution in [0, 0.1) is 23.7 Å². The van der Waals surface area contributed by atoms with Crippen molar-refractivity contribution in [3.05, 3.63) is 0 Å². The molecule has 3 rings (SSSR count). The largest absolute Gasteiger partial charge is 0.459 e. The van der Waals surface area contributed by atoms with Crippen molar-refractivity contribution in [3.63, 3.8) is 0 Å². The first-order valence-corrected chi connectivity index (χ1v) is 19.5. The van der Waals surface area contributed by atoms with Crippen molar-refractivity contribution in [3.8, 4) is 0 Å². The van der Waals surface area contributed by atoms with Gasteiger partial charge < -0.3 is 58.9 Å². The van der Waals surface area contributed by atoms with Crippen LogP contribution in [0.1, 0.15) is 115 Å². The summed E-state index contributed by atoms with van der Waals surface area (Å²) in [5.74, 6) is -3.77. The van der Waals surface area contributed by atoms with E-state index in [0.717, 1.165) is 6.42 Å². The van der Waals surface area contributed by atoms with E-state index in [1.807, 2.05) is 13.8 Å². The van der Waals surface area contributed by atoms with Crippen LogP contribution in [0.3, 0.4) is 0 Å². The van der Waals surface area contributed by atoms with E-state index in [0.29, 0.717) is 12.5 Å². The van der Waals surface area contributed by atoms with Gasteiger partial charge in [0.25, 0.3) is 0 Å². The van der Waals surface area contributed by atoms with E-state index in [-0.39, 0.29) is 31.4 Å². The Morgan fingerprint density at radius 1 is 0.885 bits per heavy atom. The van der Waals surface area contributed by atoms with Crippen molar-refractivity contribution in [2.24, 2.45) is 23.7 Å². The van der Waals surface area contributed by atoms with Crippen LogP contribution in [0.2, 0.25) is 0 Å². The number of hydrogen-bond acceptors (Lipinski definition) is 13. The third kappa shape index (κ3) is 10.1. The summed E-state index contributed by atoms with van der Waals surface area (Å²) >= 11 is 0.